The Balaban J connectivity index is 0.000000499. The molecule has 1 aliphatic heterocycles. The topological polar surface area (TPSA) is 54.8 Å². The van der Waals surface area contributed by atoms with Gasteiger partial charge in [-0.3, -0.25) is 0 Å². The van der Waals surface area contributed by atoms with Crippen LogP contribution in [-0.2, 0) is 0 Å². The van der Waals surface area contributed by atoms with E-state index in [2.05, 4.69) is 4.99 Å². The van der Waals surface area contributed by atoms with Crippen LogP contribution in [0, 0.1) is 0 Å². The van der Waals surface area contributed by atoms with Gasteiger partial charge >= 0.3 is 7.25 Å². The smallest absolute Gasteiger partial charge is 0.497 e. The van der Waals surface area contributed by atoms with Crippen LogP contribution in [0.5, 0.6) is 17.2 Å². The van der Waals surface area contributed by atoms with Gasteiger partial charge in [-0.25, -0.2) is 4.99 Å². The number of halogens is 4. The highest BCUT2D eigenvalue weighted by atomic mass is 19.5. The van der Waals surface area contributed by atoms with Crippen LogP contribution in [0.2, 0.25) is 0 Å². The highest BCUT2D eigenvalue weighted by Crippen LogP contribution is 2.31. The molecule has 0 saturated carbocycles. The number of para-hydroxylation sites is 1. The Kier molecular flexibility index (Phi) is 6.76. The molecule has 176 valence electrons. The van der Waals surface area contributed by atoms with E-state index in [9.17, 15) is 17.3 Å². The van der Waals surface area contributed by atoms with Crippen LogP contribution in [0.1, 0.15) is 0 Å². The summed E-state index contributed by atoms with van der Waals surface area (Å²) in [7, 11) is -4.34. The van der Waals surface area contributed by atoms with Crippen molar-refractivity contribution in [3.05, 3.63) is 78.2 Å². The third-order valence-corrected chi connectivity index (χ3v) is 4.87. The SMILES string of the molecule is COc1ccc(-c2cc(=[NH+]c3ccc4c(c3)OCCO4)c3ccccc3o2)cc1.F[B-](F)(F)F. The van der Waals surface area contributed by atoms with Crippen LogP contribution in [0.25, 0.3) is 22.3 Å². The molecule has 0 atom stereocenters. The van der Waals surface area contributed by atoms with Crippen molar-refractivity contribution in [1.29, 1.82) is 0 Å². The van der Waals surface area contributed by atoms with Gasteiger partial charge in [0.25, 0.3) is 0 Å². The van der Waals surface area contributed by atoms with E-state index in [4.69, 9.17) is 18.6 Å². The maximum atomic E-state index is 9.75. The minimum Gasteiger partial charge on any atom is -0.497 e. The molecular weight excluding hydrogens is 453 g/mol. The van der Waals surface area contributed by atoms with Crippen LogP contribution < -0.4 is 24.6 Å². The second-order valence-electron chi connectivity index (χ2n) is 7.23. The van der Waals surface area contributed by atoms with Gasteiger partial charge in [0.05, 0.1) is 24.6 Å². The van der Waals surface area contributed by atoms with Gasteiger partial charge in [-0.15, -0.1) is 0 Å². The van der Waals surface area contributed by atoms with Gasteiger partial charge in [0, 0.05) is 11.6 Å². The monoisotopic (exact) mass is 473 g/mol. The number of benzene rings is 3. The van der Waals surface area contributed by atoms with E-state index >= 15 is 0 Å². The van der Waals surface area contributed by atoms with Crippen molar-refractivity contribution in [2.45, 2.75) is 0 Å². The molecular formula is C24H20BF4NO4. The molecule has 0 saturated heterocycles. The first-order valence-electron chi connectivity index (χ1n) is 10.3. The van der Waals surface area contributed by atoms with Crippen molar-refractivity contribution < 1.29 is 40.9 Å². The molecule has 0 aliphatic carbocycles. The fourth-order valence-electron chi connectivity index (χ4n) is 3.41. The normalized spacial score (nSPS) is 13.3. The zero-order valence-corrected chi connectivity index (χ0v) is 18.1. The molecule has 3 aromatic carbocycles. The largest absolute Gasteiger partial charge is 0.673 e. The van der Waals surface area contributed by atoms with E-state index in [1.54, 1.807) is 7.11 Å². The second-order valence-corrected chi connectivity index (χ2v) is 7.23. The van der Waals surface area contributed by atoms with E-state index in [1.807, 2.05) is 72.8 Å². The summed E-state index contributed by atoms with van der Waals surface area (Å²) in [6.45, 7) is 1.14. The number of hydrogen-bond donors (Lipinski definition) is 1. The summed E-state index contributed by atoms with van der Waals surface area (Å²) in [6.07, 6.45) is 0. The molecule has 2 heterocycles. The molecule has 0 spiro atoms. The van der Waals surface area contributed by atoms with E-state index < -0.39 is 7.25 Å². The van der Waals surface area contributed by atoms with Crippen molar-refractivity contribution >= 4 is 23.9 Å². The number of nitrogens with one attached hydrogen (secondary N) is 1. The standard InChI is InChI=1S/C24H19NO4.BF4/c1-26-18-9-6-16(7-10-18)23-15-20(19-4-2-3-5-21(19)29-23)25-17-8-11-22-24(14-17)28-13-12-27-22;2-1(3,4)5/h2-11,14-15H,12-13H2,1H3;/q;-1/p+1. The van der Waals surface area contributed by atoms with Gasteiger partial charge in [-0.2, -0.15) is 0 Å². The lowest BCUT2D eigenvalue weighted by atomic mass is 10.1. The highest BCUT2D eigenvalue weighted by molar-refractivity contribution is 6.50. The number of hydrogen-bond acceptors (Lipinski definition) is 4. The lowest BCUT2D eigenvalue weighted by Crippen LogP contribution is -2.70. The van der Waals surface area contributed by atoms with Gasteiger partial charge in [-0.1, -0.05) is 12.1 Å². The zero-order valence-electron chi connectivity index (χ0n) is 18.1. The second kappa shape index (κ2) is 9.90. The Hall–Kier alpha value is -3.95. The Morgan fingerprint density at radius 2 is 1.50 bits per heavy atom. The van der Waals surface area contributed by atoms with Crippen molar-refractivity contribution in [1.82, 2.24) is 0 Å². The van der Waals surface area contributed by atoms with Gasteiger partial charge in [0.2, 0.25) is 11.0 Å². The molecule has 5 nitrogen and oxygen atoms in total. The van der Waals surface area contributed by atoms with E-state index in [0.717, 1.165) is 50.6 Å². The molecule has 0 unspecified atom stereocenters. The van der Waals surface area contributed by atoms with Gasteiger partial charge in [0.15, 0.2) is 11.5 Å². The molecule has 1 aromatic heterocycles. The fraction of sp³-hybridized carbons (Fsp3) is 0.125. The van der Waals surface area contributed by atoms with Crippen molar-refractivity contribution in [2.75, 3.05) is 20.3 Å². The Morgan fingerprint density at radius 3 is 2.21 bits per heavy atom. The average Bonchev–Trinajstić information content (AvgIpc) is 2.83. The molecule has 10 heteroatoms. The maximum absolute atomic E-state index is 9.75. The van der Waals surface area contributed by atoms with Crippen LogP contribution in [0.3, 0.4) is 0 Å². The number of rotatable bonds is 3. The maximum Gasteiger partial charge on any atom is 0.673 e. The van der Waals surface area contributed by atoms with Crippen molar-refractivity contribution in [3.8, 4) is 28.6 Å². The summed E-state index contributed by atoms with van der Waals surface area (Å²) in [5.41, 5.74) is 2.70. The number of ether oxygens (including phenoxy) is 3. The summed E-state index contributed by atoms with van der Waals surface area (Å²) in [6, 6.07) is 23.7. The molecule has 1 aliphatic rings. The zero-order chi connectivity index (χ0) is 24.1. The molecule has 0 radical (unpaired) electrons. The molecule has 0 fully saturated rings. The van der Waals surface area contributed by atoms with Crippen molar-refractivity contribution in [3.63, 3.8) is 0 Å². The molecule has 0 amide bonds. The average molecular weight is 473 g/mol. The van der Waals surface area contributed by atoms with E-state index in [1.165, 1.54) is 0 Å². The highest BCUT2D eigenvalue weighted by Gasteiger charge is 2.20. The molecule has 1 N–H and O–H groups in total. The molecule has 4 aromatic rings. The summed E-state index contributed by atoms with van der Waals surface area (Å²) >= 11 is 0. The van der Waals surface area contributed by atoms with Gasteiger partial charge in [-0.05, 0) is 42.5 Å². The Bertz CT molecular complexity index is 1350. The van der Waals surface area contributed by atoms with E-state index in [0.29, 0.717) is 13.2 Å². The predicted molar refractivity (Wildman–Crippen MR) is 120 cm³/mol. The third-order valence-electron chi connectivity index (χ3n) is 4.87. The van der Waals surface area contributed by atoms with Crippen LogP contribution in [0.15, 0.2) is 77.2 Å². The summed E-state index contributed by atoms with van der Waals surface area (Å²) in [4.78, 5) is 3.51. The van der Waals surface area contributed by atoms with Crippen molar-refractivity contribution in [2.24, 2.45) is 0 Å². The summed E-state index contributed by atoms with van der Waals surface area (Å²) in [5.74, 6) is 3.10. The minimum absolute atomic E-state index is 0.561. The number of methoxy groups -OCH3 is 1. The van der Waals surface area contributed by atoms with Crippen LogP contribution >= 0.6 is 0 Å². The lowest BCUT2D eigenvalue weighted by molar-refractivity contribution is -0.401. The fourth-order valence-corrected chi connectivity index (χ4v) is 3.41. The lowest BCUT2D eigenvalue weighted by Gasteiger charge is -2.17. The molecule has 5 rings (SSSR count). The third kappa shape index (κ3) is 5.89. The molecule has 0 bridgehead atoms. The Morgan fingerprint density at radius 1 is 0.824 bits per heavy atom. The Labute approximate surface area is 192 Å². The van der Waals surface area contributed by atoms with Crippen LogP contribution in [0.4, 0.5) is 23.0 Å². The van der Waals surface area contributed by atoms with Crippen LogP contribution in [-0.4, -0.2) is 27.6 Å². The first-order chi connectivity index (χ1) is 16.3. The summed E-state index contributed by atoms with van der Waals surface area (Å²) < 4.78 is 61.7. The van der Waals surface area contributed by atoms with E-state index in [-0.39, 0.29) is 0 Å². The first kappa shape index (κ1) is 23.2. The first-order valence-corrected chi connectivity index (χ1v) is 10.3. The molecule has 34 heavy (non-hydrogen) atoms. The quantitative estimate of drug-likeness (QED) is 0.352. The predicted octanol–water partition coefficient (Wildman–Crippen LogP) is 4.49. The van der Waals surface area contributed by atoms with Gasteiger partial charge < -0.3 is 35.9 Å². The summed E-state index contributed by atoms with van der Waals surface area (Å²) in [5, 5.41) is 1.95. The number of fused-ring (bicyclic) bond motifs is 2. The van der Waals surface area contributed by atoms with Gasteiger partial charge in [0.1, 0.15) is 30.3 Å². The minimum atomic E-state index is -6.00.